The Morgan fingerprint density at radius 1 is 1.14 bits per heavy atom. The molecule has 1 aromatic carbocycles. The smallest absolute Gasteiger partial charge is 0.225 e. The lowest BCUT2D eigenvalue weighted by Crippen LogP contribution is -2.52. The van der Waals surface area contributed by atoms with Gasteiger partial charge in [-0.15, -0.1) is 0 Å². The average Bonchev–Trinajstić information content (AvgIpc) is 3.63. The molecule has 2 aliphatic carbocycles. The van der Waals surface area contributed by atoms with Gasteiger partial charge in [-0.3, -0.25) is 9.80 Å². The fourth-order valence-electron chi connectivity index (χ4n) is 7.41. The number of nitrogens with zero attached hydrogens (tertiary/aromatic N) is 5. The second-order valence-corrected chi connectivity index (χ2v) is 12.2. The number of hydrogen-bond acceptors (Lipinski definition) is 6. The maximum Gasteiger partial charge on any atom is 0.225 e. The number of rotatable bonds is 3. The van der Waals surface area contributed by atoms with Gasteiger partial charge in [0.2, 0.25) is 5.91 Å². The van der Waals surface area contributed by atoms with E-state index < -0.39 is 0 Å². The van der Waals surface area contributed by atoms with Gasteiger partial charge in [0.25, 0.3) is 0 Å². The van der Waals surface area contributed by atoms with Crippen LogP contribution in [0.4, 0.5) is 5.69 Å². The van der Waals surface area contributed by atoms with Crippen molar-refractivity contribution < 1.29 is 9.90 Å². The average molecular weight is 510 g/mol. The van der Waals surface area contributed by atoms with Crippen LogP contribution in [0, 0.1) is 28.6 Å². The second kappa shape index (κ2) is 9.54. The molecule has 192 valence electrons. The number of carbonyl (C=O) groups excluding carboxylic acids is 1. The van der Waals surface area contributed by atoms with Crippen LogP contribution in [0.25, 0.3) is 0 Å². The number of aliphatic hydroxyl groups is 1. The summed E-state index contributed by atoms with van der Waals surface area (Å²) in [5, 5.41) is 26.9. The van der Waals surface area contributed by atoms with Crippen LogP contribution in [0.2, 0.25) is 5.02 Å². The zero-order chi connectivity index (χ0) is 24.9. The Kier molecular flexibility index (Phi) is 6.37. The van der Waals surface area contributed by atoms with E-state index in [9.17, 15) is 15.2 Å². The van der Waals surface area contributed by atoms with Crippen LogP contribution in [-0.4, -0.2) is 65.0 Å². The van der Waals surface area contributed by atoms with E-state index in [1.54, 1.807) is 6.07 Å². The third-order valence-electron chi connectivity index (χ3n) is 9.58. The van der Waals surface area contributed by atoms with Crippen LogP contribution >= 0.6 is 11.6 Å². The van der Waals surface area contributed by atoms with Gasteiger partial charge in [-0.2, -0.15) is 10.4 Å². The first kappa shape index (κ1) is 24.1. The molecule has 1 N–H and O–H groups in total. The van der Waals surface area contributed by atoms with Gasteiger partial charge in [-0.25, -0.2) is 0 Å². The first-order chi connectivity index (χ1) is 17.4. The molecule has 0 radical (unpaired) electrons. The van der Waals surface area contributed by atoms with Crippen LogP contribution in [0.3, 0.4) is 0 Å². The Hall–Kier alpha value is -2.30. The van der Waals surface area contributed by atoms with Crippen LogP contribution in [0.1, 0.15) is 69.8 Å². The number of amides is 1. The number of aliphatic hydroxyl groups excluding tert-OH is 1. The first-order valence-corrected chi connectivity index (χ1v) is 14.1. The molecule has 1 amide bonds. The van der Waals surface area contributed by atoms with E-state index in [4.69, 9.17) is 16.7 Å². The highest BCUT2D eigenvalue weighted by Gasteiger charge is 2.50. The lowest BCUT2D eigenvalue weighted by atomic mass is 9.57. The number of anilines is 1. The number of hydrogen-bond donors (Lipinski definition) is 1. The van der Waals surface area contributed by atoms with Crippen LogP contribution < -0.4 is 5.01 Å². The van der Waals surface area contributed by atoms with Crippen molar-refractivity contribution in [1.82, 2.24) is 9.80 Å². The molecule has 3 heterocycles. The third-order valence-corrected chi connectivity index (χ3v) is 9.90. The van der Waals surface area contributed by atoms with Crippen molar-refractivity contribution in [2.45, 2.75) is 76.4 Å². The standard InChI is InChI=1S/C28H36ClN5O2/c29-24-13-22(6-5-20(24)17-30)34-25(19-3-1-2-4-19)14-26(31-34)32-11-8-28(9-12-32)15-21(16-28)27(36)33-10-7-23(35)18-33/h5-6,13,19,21,23,25,35H,1-4,7-12,14-16,18H2/t23-,25?/m1/s1. The summed E-state index contributed by atoms with van der Waals surface area (Å²) in [7, 11) is 0. The van der Waals surface area contributed by atoms with Crippen molar-refractivity contribution in [2.24, 2.45) is 22.4 Å². The predicted octanol–water partition coefficient (Wildman–Crippen LogP) is 4.38. The van der Waals surface area contributed by atoms with E-state index in [2.05, 4.69) is 16.0 Å². The van der Waals surface area contributed by atoms with E-state index in [0.717, 1.165) is 50.9 Å². The lowest BCUT2D eigenvalue weighted by Gasteiger charge is -2.52. The summed E-state index contributed by atoms with van der Waals surface area (Å²) < 4.78 is 0. The highest BCUT2D eigenvalue weighted by atomic mass is 35.5. The zero-order valence-electron chi connectivity index (χ0n) is 20.9. The summed E-state index contributed by atoms with van der Waals surface area (Å²) in [4.78, 5) is 17.2. The largest absolute Gasteiger partial charge is 0.391 e. The van der Waals surface area contributed by atoms with Crippen molar-refractivity contribution in [1.29, 1.82) is 5.26 Å². The van der Waals surface area contributed by atoms with Crippen molar-refractivity contribution in [2.75, 3.05) is 31.2 Å². The highest BCUT2D eigenvalue weighted by Crippen LogP contribution is 2.53. The normalized spacial score (nSPS) is 28.5. The van der Waals surface area contributed by atoms with Gasteiger partial charge in [-0.1, -0.05) is 24.4 Å². The number of piperidine rings is 1. The Morgan fingerprint density at radius 2 is 1.89 bits per heavy atom. The molecule has 4 fully saturated rings. The molecular weight excluding hydrogens is 474 g/mol. The first-order valence-electron chi connectivity index (χ1n) is 13.7. The van der Waals surface area contributed by atoms with E-state index >= 15 is 0 Å². The predicted molar refractivity (Wildman–Crippen MR) is 140 cm³/mol. The van der Waals surface area contributed by atoms with Crippen molar-refractivity contribution in [3.05, 3.63) is 28.8 Å². The molecule has 0 aromatic heterocycles. The van der Waals surface area contributed by atoms with E-state index in [-0.39, 0.29) is 17.9 Å². The molecule has 1 aromatic rings. The van der Waals surface area contributed by atoms with Gasteiger partial charge in [0.05, 0.1) is 28.4 Å². The fraction of sp³-hybridized carbons (Fsp3) is 0.679. The topological polar surface area (TPSA) is 83.2 Å². The quantitative estimate of drug-likeness (QED) is 0.653. The molecule has 6 rings (SSSR count). The number of benzene rings is 1. The molecule has 7 nitrogen and oxygen atoms in total. The Balaban J connectivity index is 1.11. The molecule has 3 aliphatic heterocycles. The van der Waals surface area contributed by atoms with Gasteiger partial charge in [0.15, 0.2) is 0 Å². The molecule has 2 saturated heterocycles. The highest BCUT2D eigenvalue weighted by molar-refractivity contribution is 6.32. The third kappa shape index (κ3) is 4.37. The number of hydrazone groups is 1. The maximum atomic E-state index is 12.8. The summed E-state index contributed by atoms with van der Waals surface area (Å²) in [6.45, 7) is 3.22. The summed E-state index contributed by atoms with van der Waals surface area (Å²) >= 11 is 6.39. The minimum atomic E-state index is -0.341. The van der Waals surface area contributed by atoms with Crippen molar-refractivity contribution in [3.63, 3.8) is 0 Å². The zero-order valence-corrected chi connectivity index (χ0v) is 21.7. The van der Waals surface area contributed by atoms with E-state index in [1.807, 2.05) is 17.0 Å². The number of likely N-dealkylation sites (tertiary alicyclic amines) is 2. The number of carbonyl (C=O) groups is 1. The molecule has 1 spiro atoms. The van der Waals surface area contributed by atoms with Gasteiger partial charge in [0.1, 0.15) is 11.9 Å². The molecule has 0 bridgehead atoms. The van der Waals surface area contributed by atoms with Crippen LogP contribution in [0.15, 0.2) is 23.3 Å². The molecular formula is C28H36ClN5O2. The lowest BCUT2D eigenvalue weighted by molar-refractivity contribution is -0.144. The number of amidine groups is 1. The molecule has 8 heteroatoms. The summed E-state index contributed by atoms with van der Waals surface area (Å²) in [5.41, 5.74) is 1.78. The minimum Gasteiger partial charge on any atom is -0.391 e. The van der Waals surface area contributed by atoms with Crippen molar-refractivity contribution >= 4 is 29.0 Å². The molecule has 36 heavy (non-hydrogen) atoms. The van der Waals surface area contributed by atoms with Crippen LogP contribution in [-0.2, 0) is 4.79 Å². The van der Waals surface area contributed by atoms with Gasteiger partial charge < -0.3 is 14.9 Å². The van der Waals surface area contributed by atoms with Gasteiger partial charge in [0, 0.05) is 38.5 Å². The van der Waals surface area contributed by atoms with Crippen LogP contribution in [0.5, 0.6) is 0 Å². The fourth-order valence-corrected chi connectivity index (χ4v) is 7.63. The van der Waals surface area contributed by atoms with Gasteiger partial charge >= 0.3 is 0 Å². The number of halogens is 1. The second-order valence-electron chi connectivity index (χ2n) is 11.8. The monoisotopic (exact) mass is 509 g/mol. The number of nitriles is 1. The molecule has 5 aliphatic rings. The SMILES string of the molecule is N#Cc1ccc(N2N=C(N3CCC4(CC3)CC(C(=O)N3CC[C@@H](O)C3)C4)CC2C2CCCC2)cc1Cl. The van der Waals surface area contributed by atoms with E-state index in [1.165, 1.54) is 31.5 Å². The van der Waals surface area contributed by atoms with Gasteiger partial charge in [-0.05, 0) is 74.5 Å². The summed E-state index contributed by atoms with van der Waals surface area (Å²) in [5.74, 6) is 2.23. The molecule has 1 unspecified atom stereocenters. The Bertz CT molecular complexity index is 1080. The van der Waals surface area contributed by atoms with E-state index in [0.29, 0.717) is 47.5 Å². The summed E-state index contributed by atoms with van der Waals surface area (Å²) in [6.07, 6.45) is 10.7. The molecule has 2 saturated carbocycles. The maximum absolute atomic E-state index is 12.8. The minimum absolute atomic E-state index is 0.147. The Morgan fingerprint density at radius 3 is 2.53 bits per heavy atom. The van der Waals surface area contributed by atoms with Crippen molar-refractivity contribution in [3.8, 4) is 6.07 Å². The Labute approximate surface area is 218 Å². The number of β-amino-alcohol motifs (C(OH)–C–C–N with tert-alkyl or cyclic N) is 1. The molecule has 2 atom stereocenters. The summed E-state index contributed by atoms with van der Waals surface area (Å²) in [6, 6.07) is 8.19.